The Kier molecular flexibility index (Phi) is 6.36. The lowest BCUT2D eigenvalue weighted by Crippen LogP contribution is -2.63. The van der Waals surface area contributed by atoms with Gasteiger partial charge in [0, 0.05) is 39.5 Å². The van der Waals surface area contributed by atoms with Crippen LogP contribution in [0.3, 0.4) is 0 Å². The van der Waals surface area contributed by atoms with Crippen LogP contribution in [0, 0.1) is 11.3 Å². The molecule has 1 N–H and O–H groups in total. The lowest BCUT2D eigenvalue weighted by atomic mass is 9.56. The highest BCUT2D eigenvalue weighted by Gasteiger charge is 2.86. The molecule has 2 fully saturated rings. The minimum atomic E-state index is -1.39. The second-order valence-electron chi connectivity index (χ2n) is 10.7. The molecular weight excluding hydrogens is 472 g/mol. The van der Waals surface area contributed by atoms with Crippen molar-refractivity contribution in [3.05, 3.63) is 23.3 Å². The summed E-state index contributed by atoms with van der Waals surface area (Å²) in [5.74, 6) is -3.16. The summed E-state index contributed by atoms with van der Waals surface area (Å²) in [5, 5.41) is 12.1. The van der Waals surface area contributed by atoms with E-state index in [0.717, 1.165) is 5.57 Å². The third-order valence-electron chi connectivity index (χ3n) is 8.21. The number of rotatable bonds is 3. The molecule has 36 heavy (non-hydrogen) atoms. The van der Waals surface area contributed by atoms with Gasteiger partial charge in [0.25, 0.3) is 0 Å². The normalized spacial score (nSPS) is 44.8. The fourth-order valence-corrected chi connectivity index (χ4v) is 6.61. The molecule has 2 aliphatic carbocycles. The van der Waals surface area contributed by atoms with Gasteiger partial charge in [-0.15, -0.1) is 0 Å². The average molecular weight is 507 g/mol. The Balaban J connectivity index is 1.98. The lowest BCUT2D eigenvalue weighted by molar-refractivity contribution is -0.210. The number of epoxide rings is 1. The molecule has 0 aromatic heterocycles. The molecule has 4 aliphatic rings. The zero-order valence-electron chi connectivity index (χ0n) is 21.7. The third kappa shape index (κ3) is 3.76. The quantitative estimate of drug-likeness (QED) is 0.261. The summed E-state index contributed by atoms with van der Waals surface area (Å²) >= 11 is 0. The predicted molar refractivity (Wildman–Crippen MR) is 123 cm³/mol. The minimum Gasteiger partial charge on any atom is -0.461 e. The highest BCUT2D eigenvalue weighted by Crippen LogP contribution is 2.64. The van der Waals surface area contributed by atoms with Crippen LogP contribution in [0.15, 0.2) is 23.3 Å². The maximum Gasteiger partial charge on any atom is 0.342 e. The number of carbonyl (C=O) groups is 4. The number of aliphatic hydroxyl groups excluding tert-OH is 1. The molecule has 0 radical (unpaired) electrons. The molecule has 0 saturated carbocycles. The molecule has 0 aromatic rings. The van der Waals surface area contributed by atoms with Gasteiger partial charge in [-0.25, -0.2) is 4.79 Å². The predicted octanol–water partition coefficient (Wildman–Crippen LogP) is 1.92. The van der Waals surface area contributed by atoms with Crippen molar-refractivity contribution in [3.8, 4) is 0 Å². The summed E-state index contributed by atoms with van der Waals surface area (Å²) in [5.41, 5.74) is -2.62. The highest BCUT2D eigenvalue weighted by atomic mass is 16.7. The molecule has 4 rings (SSSR count). The first-order valence-corrected chi connectivity index (χ1v) is 12.1. The smallest absolute Gasteiger partial charge is 0.342 e. The molecule has 2 aliphatic heterocycles. The minimum absolute atomic E-state index is 0.145. The van der Waals surface area contributed by atoms with Crippen LogP contribution >= 0.6 is 0 Å². The van der Waals surface area contributed by atoms with E-state index in [1.54, 1.807) is 26.8 Å². The first-order valence-electron chi connectivity index (χ1n) is 12.1. The first-order chi connectivity index (χ1) is 16.7. The standard InChI is InChI=1S/C26H34O10/c1-12-10-17(32-14(3)27)22(34-16(5)29)24(6)18(33-15(4)28)9-8-13(2)20(24)21(30)26-19(11-12)35-23(31)25(26,7)36-26/h8,11,17-22,30H,9-10H2,1-7H3/b12-11-/t17-,18-,19-,20+,21+,22-,24-,25-,26-/m0/s1. The summed E-state index contributed by atoms with van der Waals surface area (Å²) in [4.78, 5) is 49.5. The second-order valence-corrected chi connectivity index (χ2v) is 10.7. The molecule has 2 heterocycles. The Hall–Kier alpha value is -2.72. The number of hydrogen-bond acceptors (Lipinski definition) is 10. The molecule has 0 amide bonds. The van der Waals surface area contributed by atoms with Crippen molar-refractivity contribution in [1.29, 1.82) is 0 Å². The largest absolute Gasteiger partial charge is 0.461 e. The van der Waals surface area contributed by atoms with E-state index in [9.17, 15) is 24.3 Å². The van der Waals surface area contributed by atoms with E-state index in [2.05, 4.69) is 0 Å². The number of aliphatic hydroxyl groups is 1. The highest BCUT2D eigenvalue weighted by molar-refractivity contribution is 5.89. The summed E-state index contributed by atoms with van der Waals surface area (Å²) in [6.45, 7) is 10.7. The topological polar surface area (TPSA) is 138 Å². The van der Waals surface area contributed by atoms with Gasteiger partial charge in [-0.1, -0.05) is 24.1 Å². The molecule has 10 nitrogen and oxygen atoms in total. The van der Waals surface area contributed by atoms with E-state index in [1.165, 1.54) is 20.8 Å². The number of carbonyl (C=O) groups excluding carboxylic acids is 4. The van der Waals surface area contributed by atoms with Crippen molar-refractivity contribution in [2.45, 2.75) is 103 Å². The molecule has 1 spiro atoms. The molecule has 10 heteroatoms. The van der Waals surface area contributed by atoms with E-state index in [0.29, 0.717) is 5.57 Å². The second kappa shape index (κ2) is 8.69. The van der Waals surface area contributed by atoms with Crippen molar-refractivity contribution >= 4 is 23.9 Å². The average Bonchev–Trinajstić information content (AvgIpc) is 3.34. The van der Waals surface area contributed by atoms with Crippen LogP contribution < -0.4 is 0 Å². The Morgan fingerprint density at radius 1 is 1.03 bits per heavy atom. The number of fused-ring (bicyclic) bond motifs is 1. The molecule has 9 atom stereocenters. The van der Waals surface area contributed by atoms with Gasteiger partial charge < -0.3 is 28.8 Å². The van der Waals surface area contributed by atoms with Crippen molar-refractivity contribution in [2.75, 3.05) is 0 Å². The third-order valence-corrected chi connectivity index (χ3v) is 8.21. The van der Waals surface area contributed by atoms with Crippen LogP contribution in [0.5, 0.6) is 0 Å². The van der Waals surface area contributed by atoms with Gasteiger partial charge in [-0.2, -0.15) is 0 Å². The van der Waals surface area contributed by atoms with Gasteiger partial charge in [-0.3, -0.25) is 14.4 Å². The molecule has 0 unspecified atom stereocenters. The number of esters is 4. The van der Waals surface area contributed by atoms with Crippen molar-refractivity contribution in [2.24, 2.45) is 11.3 Å². The van der Waals surface area contributed by atoms with E-state index in [4.69, 9.17) is 23.7 Å². The number of ether oxygens (including phenoxy) is 5. The van der Waals surface area contributed by atoms with Gasteiger partial charge in [0.15, 0.2) is 17.3 Å². The van der Waals surface area contributed by atoms with Crippen LogP contribution in [-0.2, 0) is 42.9 Å². The Morgan fingerprint density at radius 2 is 1.64 bits per heavy atom. The van der Waals surface area contributed by atoms with Crippen molar-refractivity contribution in [3.63, 3.8) is 0 Å². The van der Waals surface area contributed by atoms with Gasteiger partial charge >= 0.3 is 23.9 Å². The zero-order valence-corrected chi connectivity index (χ0v) is 21.7. The summed E-state index contributed by atoms with van der Waals surface area (Å²) in [6, 6.07) is 0. The van der Waals surface area contributed by atoms with E-state index >= 15 is 0 Å². The summed E-state index contributed by atoms with van der Waals surface area (Å²) in [6.07, 6.45) is -1.16. The summed E-state index contributed by atoms with van der Waals surface area (Å²) < 4.78 is 28.9. The van der Waals surface area contributed by atoms with Crippen LogP contribution in [0.2, 0.25) is 0 Å². The van der Waals surface area contributed by atoms with Gasteiger partial charge in [0.05, 0.1) is 11.5 Å². The fraction of sp³-hybridized carbons (Fsp3) is 0.692. The fourth-order valence-electron chi connectivity index (χ4n) is 6.61. The monoisotopic (exact) mass is 506 g/mol. The van der Waals surface area contributed by atoms with Crippen LogP contribution in [0.1, 0.15) is 61.3 Å². The van der Waals surface area contributed by atoms with E-state index in [-0.39, 0.29) is 12.8 Å². The van der Waals surface area contributed by atoms with Crippen LogP contribution in [-0.4, -0.2) is 70.7 Å². The molecule has 0 aromatic carbocycles. The van der Waals surface area contributed by atoms with Gasteiger partial charge in [0.2, 0.25) is 0 Å². The molecule has 198 valence electrons. The SMILES string of the molecule is CC(=O)O[C@H]1C/C(C)=C\[C@@H]2OC(=O)[C@]3(C)O[C@]23[C@H](O)[C@H]2C(C)=CC[C@H](OC(C)=O)[C@]2(C)[C@H]1OC(C)=O. The van der Waals surface area contributed by atoms with Crippen molar-refractivity contribution in [1.82, 2.24) is 0 Å². The van der Waals surface area contributed by atoms with E-state index in [1.807, 2.05) is 13.0 Å². The Bertz CT molecular complexity index is 1060. The summed E-state index contributed by atoms with van der Waals surface area (Å²) in [7, 11) is 0. The van der Waals surface area contributed by atoms with Gasteiger partial charge in [0.1, 0.15) is 18.3 Å². The zero-order chi connectivity index (χ0) is 26.8. The molecule has 2 saturated heterocycles. The van der Waals surface area contributed by atoms with Gasteiger partial charge in [-0.05, 0) is 26.8 Å². The Morgan fingerprint density at radius 3 is 2.19 bits per heavy atom. The maximum absolute atomic E-state index is 12.8. The number of hydrogen-bond donors (Lipinski definition) is 1. The lowest BCUT2D eigenvalue weighted by Gasteiger charge is -2.53. The maximum atomic E-state index is 12.8. The van der Waals surface area contributed by atoms with E-state index < -0.39 is 76.9 Å². The van der Waals surface area contributed by atoms with Crippen molar-refractivity contribution < 1.29 is 48.0 Å². The molecular formula is C26H34O10. The van der Waals surface area contributed by atoms with Crippen LogP contribution in [0.4, 0.5) is 0 Å². The van der Waals surface area contributed by atoms with Crippen LogP contribution in [0.25, 0.3) is 0 Å². The molecule has 0 bridgehead atoms. The Labute approximate surface area is 209 Å². The first kappa shape index (κ1) is 26.3.